The van der Waals surface area contributed by atoms with E-state index in [0.29, 0.717) is 394 Å². The van der Waals surface area contributed by atoms with Crippen LogP contribution < -0.4 is 0 Å². The van der Waals surface area contributed by atoms with Crippen LogP contribution in [0.4, 0.5) is 0 Å². The smallest absolute Gasteiger partial charge is 0.254 e. The van der Waals surface area contributed by atoms with Crippen LogP contribution in [0.25, 0.3) is 0 Å². The lowest BCUT2D eigenvalue weighted by atomic mass is 9.83. The predicted molar refractivity (Wildman–Crippen MR) is 459 cm³/mol. The zero-order chi connectivity index (χ0) is 88.0. The van der Waals surface area contributed by atoms with Gasteiger partial charge in [-0.3, -0.25) is 14.4 Å². The fraction of sp³-hybridized carbons (Fsp3) is 0.831. The molecule has 0 saturated heterocycles. The second kappa shape index (κ2) is 93.7. The third-order valence-electron chi connectivity index (χ3n) is 17.8. The van der Waals surface area contributed by atoms with Crippen molar-refractivity contribution in [2.75, 3.05) is 416 Å². The highest BCUT2D eigenvalue weighted by Gasteiger charge is 2.31. The molecule has 35 heteroatoms. The molecule has 0 atom stereocenters. The fourth-order valence-corrected chi connectivity index (χ4v) is 11.2. The van der Waals surface area contributed by atoms with Crippen LogP contribution >= 0.6 is 0 Å². The Kier molecular flexibility index (Phi) is 86.3. The van der Waals surface area contributed by atoms with Gasteiger partial charge in [-0.05, 0) is 24.6 Å². The number of hydrogen-bond donors (Lipinski definition) is 1. The first-order valence-electron chi connectivity index (χ1n) is 45.1. The van der Waals surface area contributed by atoms with E-state index in [2.05, 4.69) is 6.92 Å². The largest absolute Gasteiger partial charge is 0.395 e. The van der Waals surface area contributed by atoms with Crippen LogP contribution in [0, 0.1) is 0 Å². The summed E-state index contributed by atoms with van der Waals surface area (Å²) in [5.41, 5.74) is 1.37. The van der Waals surface area contributed by atoms with Crippen LogP contribution in [-0.4, -0.2) is 444 Å². The van der Waals surface area contributed by atoms with Gasteiger partial charge in [0, 0.05) is 47.5 Å². The number of fused-ring (bicyclic) bond motifs is 2. The second-order valence-electron chi connectivity index (χ2n) is 27.5. The van der Waals surface area contributed by atoms with Crippen LogP contribution in [0.5, 0.6) is 0 Å². The van der Waals surface area contributed by atoms with E-state index in [1.807, 2.05) is 0 Å². The van der Waals surface area contributed by atoms with Crippen molar-refractivity contribution in [1.82, 2.24) is 4.90 Å². The van der Waals surface area contributed by atoms with Gasteiger partial charge in [0.1, 0.15) is 0 Å². The normalized spacial score (nSPS) is 12.1. The summed E-state index contributed by atoms with van der Waals surface area (Å²) in [6.45, 7) is 30.8. The number of unbranched alkanes of at least 4 members (excludes halogenated alkanes) is 9. The molecule has 1 N–H and O–H groups in total. The van der Waals surface area contributed by atoms with Gasteiger partial charge >= 0.3 is 0 Å². The average Bonchev–Trinajstić information content (AvgIpc) is 0.758. The topological polar surface area (TPSA) is 352 Å². The highest BCUT2D eigenvalue weighted by atomic mass is 16.6. The fourth-order valence-electron chi connectivity index (χ4n) is 11.2. The van der Waals surface area contributed by atoms with Gasteiger partial charge in [-0.15, -0.1) is 0 Å². The summed E-state index contributed by atoms with van der Waals surface area (Å²) in [4.78, 5) is 40.9. The highest BCUT2D eigenvalue weighted by Crippen LogP contribution is 2.28. The standard InChI is InChI=1S/C89H157NO34/c1-2-3-4-5-6-7-8-9-10-13-21-95-23-25-97-27-29-99-31-33-101-35-37-103-39-41-105-43-45-107-47-49-109-51-53-111-55-57-113-59-61-115-63-65-117-67-69-119-71-73-121-75-77-123-79-80-124-78-76-122-74-72-120-70-68-118-66-64-116-62-60-114-58-56-112-54-52-110-50-48-108-46-44-106-42-40-104-38-36-102-34-32-100-30-28-98-26-24-96-22-19-90(18-20-91)89(94)82-16-17-85-86(81-82)88(93)84-15-12-11-14-83(84)87(85)92/h11-12,14-17,81,91H,2-10,13,18-80H2,1H3. The van der Waals surface area contributed by atoms with E-state index >= 15 is 0 Å². The third-order valence-corrected chi connectivity index (χ3v) is 17.8. The Hall–Kier alpha value is -3.99. The van der Waals surface area contributed by atoms with Crippen molar-refractivity contribution >= 4 is 17.5 Å². The van der Waals surface area contributed by atoms with Gasteiger partial charge < -0.3 is 152 Å². The number of ketones is 2. The van der Waals surface area contributed by atoms with Gasteiger partial charge in [-0.1, -0.05) is 89.0 Å². The molecule has 2 aromatic rings. The molecule has 0 spiro atoms. The maximum absolute atomic E-state index is 13.3. The number of carbonyl (C=O) groups excluding carboxylic acids is 3. The molecule has 0 heterocycles. The van der Waals surface area contributed by atoms with Crippen molar-refractivity contribution < 1.29 is 162 Å². The first-order valence-corrected chi connectivity index (χ1v) is 45.1. The third kappa shape index (κ3) is 72.8. The Morgan fingerprint density at radius 2 is 0.395 bits per heavy atom. The van der Waals surface area contributed by atoms with E-state index < -0.39 is 0 Å². The van der Waals surface area contributed by atoms with Crippen LogP contribution in [0.2, 0.25) is 0 Å². The summed E-state index contributed by atoms with van der Waals surface area (Å²) in [6.07, 6.45) is 13.3. The van der Waals surface area contributed by atoms with E-state index in [1.165, 1.54) is 80.9 Å². The van der Waals surface area contributed by atoms with Crippen molar-refractivity contribution in [2.45, 2.75) is 71.1 Å². The van der Waals surface area contributed by atoms with Crippen molar-refractivity contribution in [3.05, 3.63) is 70.3 Å². The lowest BCUT2D eigenvalue weighted by molar-refractivity contribution is -0.0325. The van der Waals surface area contributed by atoms with Crippen molar-refractivity contribution in [1.29, 1.82) is 0 Å². The molecule has 1 aliphatic carbocycles. The van der Waals surface area contributed by atoms with Gasteiger partial charge in [-0.25, -0.2) is 0 Å². The summed E-state index contributed by atoms with van der Waals surface area (Å²) in [6, 6.07) is 11.1. The molecule has 0 fully saturated rings. The van der Waals surface area contributed by atoms with Crippen molar-refractivity contribution in [3.63, 3.8) is 0 Å². The minimum Gasteiger partial charge on any atom is -0.395 e. The first-order chi connectivity index (χ1) is 61.6. The lowest BCUT2D eigenvalue weighted by Gasteiger charge is -2.23. The quantitative estimate of drug-likeness (QED) is 0.0604. The van der Waals surface area contributed by atoms with Gasteiger partial charge in [0.05, 0.1) is 396 Å². The Morgan fingerprint density at radius 3 is 0.605 bits per heavy atom. The van der Waals surface area contributed by atoms with Gasteiger partial charge in [0.25, 0.3) is 5.91 Å². The molecular weight excluding hydrogens is 1630 g/mol. The van der Waals surface area contributed by atoms with Gasteiger partial charge in [0.15, 0.2) is 11.6 Å². The average molecular weight is 1790 g/mol. The zero-order valence-corrected chi connectivity index (χ0v) is 75.0. The number of nitrogens with zero attached hydrogens (tertiary/aromatic N) is 1. The van der Waals surface area contributed by atoms with Gasteiger partial charge in [-0.2, -0.15) is 0 Å². The van der Waals surface area contributed by atoms with E-state index in [0.717, 1.165) is 13.0 Å². The number of rotatable bonds is 104. The number of carbonyl (C=O) groups is 3. The molecule has 2 aromatic carbocycles. The molecule has 1 amide bonds. The van der Waals surface area contributed by atoms with Crippen LogP contribution in [0.15, 0.2) is 42.5 Å². The second-order valence-corrected chi connectivity index (χ2v) is 27.5. The molecule has 0 unspecified atom stereocenters. The van der Waals surface area contributed by atoms with E-state index in [1.54, 1.807) is 24.3 Å². The lowest BCUT2D eigenvalue weighted by Crippen LogP contribution is -2.36. The number of aliphatic hydroxyl groups is 1. The van der Waals surface area contributed by atoms with E-state index in [9.17, 15) is 19.5 Å². The molecule has 0 aromatic heterocycles. The summed E-state index contributed by atoms with van der Waals surface area (Å²) in [7, 11) is 0. The molecular formula is C89H157NO34. The summed E-state index contributed by atoms with van der Waals surface area (Å²) >= 11 is 0. The molecule has 1 aliphatic rings. The number of amides is 1. The number of hydrogen-bond acceptors (Lipinski definition) is 34. The summed E-state index contributed by atoms with van der Waals surface area (Å²) < 4.78 is 167. The molecule has 35 nitrogen and oxygen atoms in total. The SMILES string of the molecule is CCCCCCCCCCCCOCCOCCOCCOCCOCCOCCOCCOCCOCCOCCOCCOCCOCCOCCOCCOCCOCCOCCOCCOCCOCCOCCOCCOCCOCCOCCOCCOCCOCCOCCN(CCO)C(=O)c1ccc2c(c1)C(=O)c1ccccc1C2=O. The Balaban J connectivity index is 0.847. The molecule has 722 valence electrons. The molecule has 0 aliphatic heterocycles. The van der Waals surface area contributed by atoms with Crippen molar-refractivity contribution in [3.8, 4) is 0 Å². The maximum atomic E-state index is 13.3. The molecule has 0 saturated carbocycles. The van der Waals surface area contributed by atoms with E-state index in [-0.39, 0.29) is 60.5 Å². The van der Waals surface area contributed by atoms with E-state index in [4.69, 9.17) is 142 Å². The number of benzene rings is 2. The van der Waals surface area contributed by atoms with Crippen LogP contribution in [-0.2, 0) is 142 Å². The summed E-state index contributed by atoms with van der Waals surface area (Å²) in [5, 5.41) is 9.60. The van der Waals surface area contributed by atoms with Crippen molar-refractivity contribution in [2.24, 2.45) is 0 Å². The van der Waals surface area contributed by atoms with Crippen LogP contribution in [0.1, 0.15) is 113 Å². The number of ether oxygens (including phenoxy) is 30. The minimum atomic E-state index is -0.377. The van der Waals surface area contributed by atoms with Crippen LogP contribution in [0.3, 0.4) is 0 Å². The zero-order valence-electron chi connectivity index (χ0n) is 75.0. The number of aliphatic hydroxyl groups excluding tert-OH is 1. The Labute approximate surface area is 738 Å². The minimum absolute atomic E-state index is 0.0818. The Bertz CT molecular complexity index is 2590. The maximum Gasteiger partial charge on any atom is 0.254 e. The first kappa shape index (κ1) is 114. The monoisotopic (exact) mass is 1780 g/mol. The molecule has 0 bridgehead atoms. The molecule has 124 heavy (non-hydrogen) atoms. The summed E-state index contributed by atoms with van der Waals surface area (Å²) in [5.74, 6) is -0.938. The molecule has 3 rings (SSSR count). The van der Waals surface area contributed by atoms with Gasteiger partial charge in [0.2, 0.25) is 0 Å². The highest BCUT2D eigenvalue weighted by molar-refractivity contribution is 6.28. The Morgan fingerprint density at radius 1 is 0.218 bits per heavy atom. The molecule has 0 radical (unpaired) electrons. The predicted octanol–water partition coefficient (Wildman–Crippen LogP) is 6.32.